The minimum absolute atomic E-state index is 0.0760. The van der Waals surface area contributed by atoms with E-state index in [9.17, 15) is 4.79 Å². The van der Waals surface area contributed by atoms with Crippen molar-refractivity contribution in [1.82, 2.24) is 9.97 Å². The van der Waals surface area contributed by atoms with Crippen molar-refractivity contribution >= 4 is 5.97 Å². The van der Waals surface area contributed by atoms with E-state index < -0.39 is 5.97 Å². The van der Waals surface area contributed by atoms with Gasteiger partial charge in [-0.1, -0.05) is 12.1 Å². The van der Waals surface area contributed by atoms with Crippen LogP contribution in [0.1, 0.15) is 11.5 Å². The van der Waals surface area contributed by atoms with Crippen LogP contribution in [-0.2, 0) is 11.2 Å². The van der Waals surface area contributed by atoms with Crippen LogP contribution in [-0.4, -0.2) is 28.2 Å². The fourth-order valence-electron chi connectivity index (χ4n) is 1.83. The monoisotopic (exact) mass is 246 g/mol. The van der Waals surface area contributed by atoms with E-state index in [0.29, 0.717) is 17.2 Å². The van der Waals surface area contributed by atoms with E-state index in [1.807, 2.05) is 24.3 Å². The molecule has 0 radical (unpaired) electrons. The van der Waals surface area contributed by atoms with Crippen molar-refractivity contribution in [2.75, 3.05) is 7.11 Å². The van der Waals surface area contributed by atoms with Gasteiger partial charge < -0.3 is 14.8 Å². The molecule has 0 aliphatic rings. The van der Waals surface area contributed by atoms with Crippen LogP contribution >= 0.6 is 0 Å². The lowest BCUT2D eigenvalue weighted by molar-refractivity contribution is -0.136. The van der Waals surface area contributed by atoms with Crippen LogP contribution in [0.4, 0.5) is 0 Å². The van der Waals surface area contributed by atoms with E-state index in [1.165, 1.54) is 0 Å². The number of rotatable bonds is 4. The molecule has 1 heterocycles. The molecule has 2 rings (SSSR count). The molecule has 18 heavy (non-hydrogen) atoms. The number of benzene rings is 1. The number of imidazole rings is 1. The van der Waals surface area contributed by atoms with Gasteiger partial charge in [-0.05, 0) is 19.1 Å². The Morgan fingerprint density at radius 2 is 2.28 bits per heavy atom. The molecule has 0 atom stereocenters. The second-order valence-electron chi connectivity index (χ2n) is 3.95. The Labute approximate surface area is 104 Å². The standard InChI is InChI=1S/C13H14N2O3/c1-8-14-11(7-12(16)17)13(15-8)9-4-3-5-10(6-9)18-2/h3-6H,7H2,1-2H3,(H,14,15)(H,16,17). The molecule has 0 unspecified atom stereocenters. The Morgan fingerprint density at radius 1 is 1.50 bits per heavy atom. The number of carbonyl (C=O) groups is 1. The van der Waals surface area contributed by atoms with Gasteiger partial charge in [-0.25, -0.2) is 4.98 Å². The number of hydrogen-bond donors (Lipinski definition) is 2. The molecule has 2 aromatic rings. The van der Waals surface area contributed by atoms with Crippen molar-refractivity contribution in [3.63, 3.8) is 0 Å². The number of nitrogens with one attached hydrogen (secondary N) is 1. The normalized spacial score (nSPS) is 10.3. The maximum absolute atomic E-state index is 10.8. The van der Waals surface area contributed by atoms with Gasteiger partial charge in [-0.3, -0.25) is 4.79 Å². The molecule has 2 N–H and O–H groups in total. The molecule has 0 spiro atoms. The van der Waals surface area contributed by atoms with Crippen LogP contribution in [0.3, 0.4) is 0 Å². The maximum atomic E-state index is 10.8. The Hall–Kier alpha value is -2.30. The van der Waals surface area contributed by atoms with E-state index in [-0.39, 0.29) is 6.42 Å². The second kappa shape index (κ2) is 4.91. The highest BCUT2D eigenvalue weighted by atomic mass is 16.5. The first kappa shape index (κ1) is 12.2. The molecule has 0 fully saturated rings. The molecule has 0 aliphatic heterocycles. The van der Waals surface area contributed by atoms with Crippen LogP contribution in [0.5, 0.6) is 5.75 Å². The van der Waals surface area contributed by atoms with Crippen molar-refractivity contribution in [2.45, 2.75) is 13.3 Å². The summed E-state index contributed by atoms with van der Waals surface area (Å²) < 4.78 is 5.15. The van der Waals surface area contributed by atoms with Crippen molar-refractivity contribution in [2.24, 2.45) is 0 Å². The fraction of sp³-hybridized carbons (Fsp3) is 0.231. The van der Waals surface area contributed by atoms with Crippen molar-refractivity contribution < 1.29 is 14.6 Å². The molecular weight excluding hydrogens is 232 g/mol. The Bertz CT molecular complexity index is 575. The molecule has 1 aromatic heterocycles. The van der Waals surface area contributed by atoms with Crippen LogP contribution in [0.25, 0.3) is 11.3 Å². The number of H-pyrrole nitrogens is 1. The third-order valence-electron chi connectivity index (χ3n) is 2.57. The summed E-state index contributed by atoms with van der Waals surface area (Å²) >= 11 is 0. The van der Waals surface area contributed by atoms with Gasteiger partial charge in [0.25, 0.3) is 0 Å². The highest BCUT2D eigenvalue weighted by Gasteiger charge is 2.13. The lowest BCUT2D eigenvalue weighted by atomic mass is 10.1. The molecule has 1 aromatic carbocycles. The van der Waals surface area contributed by atoms with E-state index in [2.05, 4.69) is 9.97 Å². The molecule has 5 nitrogen and oxygen atoms in total. The van der Waals surface area contributed by atoms with Gasteiger partial charge in [-0.15, -0.1) is 0 Å². The summed E-state index contributed by atoms with van der Waals surface area (Å²) in [5.74, 6) is 0.529. The SMILES string of the molecule is COc1cccc(-c2nc(C)[nH]c2CC(=O)O)c1. The van der Waals surface area contributed by atoms with Gasteiger partial charge in [0.05, 0.1) is 24.9 Å². The smallest absolute Gasteiger partial charge is 0.309 e. The number of aromatic nitrogens is 2. The number of aromatic amines is 1. The largest absolute Gasteiger partial charge is 0.497 e. The quantitative estimate of drug-likeness (QED) is 0.865. The maximum Gasteiger partial charge on any atom is 0.309 e. The number of carboxylic acids is 1. The van der Waals surface area contributed by atoms with Gasteiger partial charge in [0.1, 0.15) is 11.6 Å². The molecule has 94 valence electrons. The first-order chi connectivity index (χ1) is 8.60. The zero-order chi connectivity index (χ0) is 13.1. The number of nitrogens with zero attached hydrogens (tertiary/aromatic N) is 1. The number of aryl methyl sites for hydroxylation is 1. The van der Waals surface area contributed by atoms with Gasteiger partial charge >= 0.3 is 5.97 Å². The molecule has 0 saturated carbocycles. The molecule has 0 amide bonds. The number of methoxy groups -OCH3 is 1. The second-order valence-corrected chi connectivity index (χ2v) is 3.95. The number of aliphatic carboxylic acids is 1. The highest BCUT2D eigenvalue weighted by molar-refractivity contribution is 5.74. The van der Waals surface area contributed by atoms with Gasteiger partial charge in [0.15, 0.2) is 0 Å². The summed E-state index contributed by atoms with van der Waals surface area (Å²) in [5, 5.41) is 8.88. The third kappa shape index (κ3) is 2.51. The summed E-state index contributed by atoms with van der Waals surface area (Å²) in [4.78, 5) is 18.1. The lowest BCUT2D eigenvalue weighted by Crippen LogP contribution is -2.02. The van der Waals surface area contributed by atoms with Gasteiger partial charge in [0, 0.05) is 5.56 Å². The van der Waals surface area contributed by atoms with Crippen LogP contribution in [0, 0.1) is 6.92 Å². The summed E-state index contributed by atoms with van der Waals surface area (Å²) in [7, 11) is 1.59. The predicted octanol–water partition coefficient (Wildman–Crippen LogP) is 2.02. The van der Waals surface area contributed by atoms with E-state index in [4.69, 9.17) is 9.84 Å². The molecular formula is C13H14N2O3. The lowest BCUT2D eigenvalue weighted by Gasteiger charge is -2.03. The topological polar surface area (TPSA) is 75.2 Å². The predicted molar refractivity (Wildman–Crippen MR) is 66.7 cm³/mol. The summed E-state index contributed by atoms with van der Waals surface area (Å²) in [6.07, 6.45) is -0.0760. The minimum Gasteiger partial charge on any atom is -0.497 e. The Kier molecular flexibility index (Phi) is 3.32. The van der Waals surface area contributed by atoms with Crippen molar-refractivity contribution in [3.8, 4) is 17.0 Å². The van der Waals surface area contributed by atoms with Gasteiger partial charge in [-0.2, -0.15) is 0 Å². The third-order valence-corrected chi connectivity index (χ3v) is 2.57. The number of hydrogen-bond acceptors (Lipinski definition) is 3. The summed E-state index contributed by atoms with van der Waals surface area (Å²) in [5.41, 5.74) is 2.11. The summed E-state index contributed by atoms with van der Waals surface area (Å²) in [6, 6.07) is 7.40. The van der Waals surface area contributed by atoms with E-state index in [0.717, 1.165) is 11.3 Å². The first-order valence-corrected chi connectivity index (χ1v) is 5.52. The van der Waals surface area contributed by atoms with Crippen molar-refractivity contribution in [3.05, 3.63) is 35.8 Å². The Morgan fingerprint density at radius 3 is 2.94 bits per heavy atom. The average Bonchev–Trinajstić information content (AvgIpc) is 2.69. The molecule has 0 aliphatic carbocycles. The highest BCUT2D eigenvalue weighted by Crippen LogP contribution is 2.25. The summed E-state index contributed by atoms with van der Waals surface area (Å²) in [6.45, 7) is 1.80. The molecule has 5 heteroatoms. The van der Waals surface area contributed by atoms with Crippen molar-refractivity contribution in [1.29, 1.82) is 0 Å². The fourth-order valence-corrected chi connectivity index (χ4v) is 1.83. The van der Waals surface area contributed by atoms with Gasteiger partial charge in [0.2, 0.25) is 0 Å². The molecule has 0 saturated heterocycles. The number of ether oxygens (including phenoxy) is 1. The zero-order valence-corrected chi connectivity index (χ0v) is 10.2. The average molecular weight is 246 g/mol. The van der Waals surface area contributed by atoms with E-state index >= 15 is 0 Å². The zero-order valence-electron chi connectivity index (χ0n) is 10.2. The van der Waals surface area contributed by atoms with Crippen LogP contribution in [0.15, 0.2) is 24.3 Å². The minimum atomic E-state index is -0.886. The van der Waals surface area contributed by atoms with E-state index in [1.54, 1.807) is 14.0 Å². The number of carboxylic acid groups (broad SMARTS) is 1. The van der Waals surface area contributed by atoms with Crippen LogP contribution in [0.2, 0.25) is 0 Å². The molecule has 0 bridgehead atoms. The first-order valence-electron chi connectivity index (χ1n) is 5.52. The Balaban J connectivity index is 2.45. The van der Waals surface area contributed by atoms with Crippen LogP contribution < -0.4 is 4.74 Å².